The van der Waals surface area contributed by atoms with Gasteiger partial charge in [0.2, 0.25) is 5.88 Å². The number of carbonyl (C=O) groups excluding carboxylic acids is 1. The number of H-pyrrole nitrogens is 1. The summed E-state index contributed by atoms with van der Waals surface area (Å²) in [6.45, 7) is 12.9. The number of aryl methyl sites for hydroxylation is 1. The summed E-state index contributed by atoms with van der Waals surface area (Å²) in [6, 6.07) is 22.8. The van der Waals surface area contributed by atoms with Crippen LogP contribution in [-0.2, 0) is 14.8 Å². The van der Waals surface area contributed by atoms with Gasteiger partial charge >= 0.3 is 0 Å². The lowest BCUT2D eigenvalue weighted by Gasteiger charge is -2.59. The molecule has 3 atom stereocenters. The summed E-state index contributed by atoms with van der Waals surface area (Å²) in [7, 11) is -4.61. The Balaban J connectivity index is 0.866. The number of hydrogen-bond acceptors (Lipinski definition) is 13. The molecular formula is C55H68N8O8S. The number of aliphatic hydroxyl groups is 1. The zero-order valence-corrected chi connectivity index (χ0v) is 42.7. The van der Waals surface area contributed by atoms with Crippen LogP contribution in [0.15, 0.2) is 83.9 Å². The number of nitrogens with zero attached hydrogens (tertiary/aromatic N) is 5. The van der Waals surface area contributed by atoms with Gasteiger partial charge in [-0.25, -0.2) is 13.1 Å². The fourth-order valence-electron chi connectivity index (χ4n) is 12.9. The van der Waals surface area contributed by atoms with E-state index in [9.17, 15) is 28.4 Å². The van der Waals surface area contributed by atoms with Crippen molar-refractivity contribution in [3.8, 4) is 5.88 Å². The minimum absolute atomic E-state index is 0.122. The Morgan fingerprint density at radius 2 is 1.71 bits per heavy atom. The predicted molar refractivity (Wildman–Crippen MR) is 278 cm³/mol. The largest absolute Gasteiger partial charge is 0.468 e. The molecule has 3 aromatic carbocycles. The van der Waals surface area contributed by atoms with Crippen molar-refractivity contribution in [2.45, 2.75) is 133 Å². The molecule has 382 valence electrons. The fraction of sp³-hybridized carbons (Fsp3) is 0.527. The number of aromatic amines is 1. The van der Waals surface area contributed by atoms with E-state index in [4.69, 9.17) is 14.5 Å². The maximum atomic E-state index is 14.7. The molecule has 1 amide bonds. The number of likely N-dealkylation sites (tertiary alicyclic amines) is 1. The van der Waals surface area contributed by atoms with E-state index < -0.39 is 43.1 Å². The van der Waals surface area contributed by atoms with Crippen LogP contribution in [0.3, 0.4) is 0 Å². The van der Waals surface area contributed by atoms with Crippen LogP contribution < -0.4 is 24.6 Å². The van der Waals surface area contributed by atoms with Crippen molar-refractivity contribution < 1.29 is 32.7 Å². The standard InChI is InChI=1S/C55H68N8O8S/c1-35-7-5-6-8-41(35)48-32-53(2,3)19-25-61(48)39-30-55(31-39)20-23-60(24-21-55)38-9-11-42(45(28-38)62-44-16-26-70-34-49(44)71-52-47(62)27-37-15-22-56-50(37)58-52)51(64)59-72(68,69)40-10-12-43(46(29-40)63(66)67)57-33-36-13-17-54(4,65)18-14-36/h5-12,15,22,27-29,36,39,44,48-49,57,65H,13-14,16-21,23-26,30-34H2,1-4H3,(H,56,58)(H,59,64)/t36-,44-,48-,49-,54-/m0/s1. The van der Waals surface area contributed by atoms with Gasteiger partial charge in [0.25, 0.3) is 21.6 Å². The third-order valence-corrected chi connectivity index (χ3v) is 18.6. The molecule has 17 heteroatoms. The summed E-state index contributed by atoms with van der Waals surface area (Å²) < 4.78 is 43.1. The highest BCUT2D eigenvalue weighted by atomic mass is 32.2. The van der Waals surface area contributed by atoms with Gasteiger partial charge in [-0.2, -0.15) is 4.98 Å². The summed E-state index contributed by atoms with van der Waals surface area (Å²) in [5, 5.41) is 26.8. The monoisotopic (exact) mass is 1000 g/mol. The van der Waals surface area contributed by atoms with Gasteiger partial charge in [0.05, 0.1) is 39.3 Å². The van der Waals surface area contributed by atoms with Gasteiger partial charge in [0, 0.05) is 61.7 Å². The number of hydrogen-bond donors (Lipinski definition) is 4. The Hall–Kier alpha value is -5.75. The molecule has 2 aromatic heterocycles. The average Bonchev–Trinajstić information content (AvgIpc) is 3.81. The SMILES string of the molecule is Cc1ccccc1[C@@H]1CC(C)(C)CCN1C1CC2(CCN(c3ccc(C(=O)NS(=O)(=O)c4ccc(NC[C@H]5CC[C@](C)(O)CC5)c([N+](=O)[O-])c4)c(N4c5cc6cc[nH]c6nc5O[C@H]5COCC[C@@H]54)c3)CC2)C1. The second kappa shape index (κ2) is 18.6. The summed E-state index contributed by atoms with van der Waals surface area (Å²) in [5.41, 5.74) is 5.31. The van der Waals surface area contributed by atoms with Gasteiger partial charge in [0.15, 0.2) is 0 Å². The van der Waals surface area contributed by atoms with Crippen molar-refractivity contribution >= 4 is 55.4 Å². The maximum absolute atomic E-state index is 14.7. The van der Waals surface area contributed by atoms with E-state index in [1.54, 1.807) is 6.07 Å². The zero-order valence-electron chi connectivity index (χ0n) is 41.9. The fourth-order valence-corrected chi connectivity index (χ4v) is 13.9. The van der Waals surface area contributed by atoms with Crippen molar-refractivity contribution in [2.75, 3.05) is 54.5 Å². The van der Waals surface area contributed by atoms with Crippen LogP contribution in [0.4, 0.5) is 28.4 Å². The van der Waals surface area contributed by atoms with E-state index in [2.05, 4.69) is 74.8 Å². The number of nitrogens with one attached hydrogen (secondary N) is 3. The number of fused-ring (bicyclic) bond motifs is 3. The summed E-state index contributed by atoms with van der Waals surface area (Å²) in [5.74, 6) is -0.297. The van der Waals surface area contributed by atoms with Crippen molar-refractivity contribution in [1.82, 2.24) is 19.6 Å². The van der Waals surface area contributed by atoms with Crippen LogP contribution in [0.2, 0.25) is 0 Å². The molecule has 6 aliphatic rings. The highest BCUT2D eigenvalue weighted by molar-refractivity contribution is 7.90. The van der Waals surface area contributed by atoms with E-state index in [1.807, 2.05) is 37.4 Å². The second-order valence-electron chi connectivity index (χ2n) is 22.9. The summed E-state index contributed by atoms with van der Waals surface area (Å²) in [6.07, 6.45) is 11.6. The number of carbonyl (C=O) groups is 1. The van der Waals surface area contributed by atoms with Gasteiger partial charge in [-0.15, -0.1) is 0 Å². The van der Waals surface area contributed by atoms with Crippen LogP contribution in [0.1, 0.15) is 119 Å². The Morgan fingerprint density at radius 3 is 2.47 bits per heavy atom. The molecule has 72 heavy (non-hydrogen) atoms. The highest BCUT2D eigenvalue weighted by Gasteiger charge is 2.51. The predicted octanol–water partition coefficient (Wildman–Crippen LogP) is 9.55. The summed E-state index contributed by atoms with van der Waals surface area (Å²) >= 11 is 0. The maximum Gasteiger partial charge on any atom is 0.293 e. The van der Waals surface area contributed by atoms with Crippen LogP contribution in [0.25, 0.3) is 11.0 Å². The van der Waals surface area contributed by atoms with Crippen molar-refractivity contribution in [1.29, 1.82) is 0 Å². The number of nitro benzene ring substituents is 1. The topological polar surface area (TPSA) is 196 Å². The molecule has 2 aliphatic carbocycles. The lowest BCUT2D eigenvalue weighted by molar-refractivity contribution is -0.384. The molecule has 3 saturated heterocycles. The Bertz CT molecular complexity index is 2990. The molecule has 6 heterocycles. The second-order valence-corrected chi connectivity index (χ2v) is 24.5. The van der Waals surface area contributed by atoms with Crippen LogP contribution in [0, 0.1) is 33.8 Å². The first-order chi connectivity index (χ1) is 34.4. The lowest BCUT2D eigenvalue weighted by Crippen LogP contribution is -2.57. The number of nitro groups is 1. The summed E-state index contributed by atoms with van der Waals surface area (Å²) in [4.78, 5) is 41.4. The number of amides is 1. The van der Waals surface area contributed by atoms with Crippen LogP contribution in [-0.4, -0.2) is 102 Å². The first kappa shape index (κ1) is 48.5. The lowest BCUT2D eigenvalue weighted by atomic mass is 9.59. The quantitative estimate of drug-likeness (QED) is 0.0722. The van der Waals surface area contributed by atoms with Crippen molar-refractivity contribution in [2.24, 2.45) is 16.7 Å². The number of pyridine rings is 1. The molecule has 2 saturated carbocycles. The molecule has 16 nitrogen and oxygen atoms in total. The van der Waals surface area contributed by atoms with Gasteiger partial charge in [-0.1, -0.05) is 38.1 Å². The molecule has 0 unspecified atom stereocenters. The minimum atomic E-state index is -4.61. The molecular weight excluding hydrogens is 933 g/mol. The number of rotatable bonds is 11. The third-order valence-electron chi connectivity index (χ3n) is 17.3. The number of ether oxygens (including phenoxy) is 2. The van der Waals surface area contributed by atoms with E-state index in [1.165, 1.54) is 42.5 Å². The molecule has 0 radical (unpaired) electrons. The van der Waals surface area contributed by atoms with Gasteiger partial charge in [-0.05, 0) is 161 Å². The van der Waals surface area contributed by atoms with E-state index in [-0.39, 0.29) is 28.6 Å². The first-order valence-electron chi connectivity index (χ1n) is 26.0. The molecule has 4 N–H and O–H groups in total. The number of benzene rings is 3. The van der Waals surface area contributed by atoms with Crippen molar-refractivity contribution in [3.63, 3.8) is 0 Å². The smallest absolute Gasteiger partial charge is 0.293 e. The third kappa shape index (κ3) is 9.41. The Kier molecular flexibility index (Phi) is 12.6. The number of aromatic nitrogens is 2. The Morgan fingerprint density at radius 1 is 0.931 bits per heavy atom. The molecule has 4 aliphatic heterocycles. The first-order valence-corrected chi connectivity index (χ1v) is 27.5. The molecule has 0 bridgehead atoms. The highest BCUT2D eigenvalue weighted by Crippen LogP contribution is 2.55. The van der Waals surface area contributed by atoms with Crippen LogP contribution >= 0.6 is 0 Å². The Labute approximate surface area is 422 Å². The number of sulfonamides is 1. The zero-order chi connectivity index (χ0) is 50.2. The van der Waals surface area contributed by atoms with Gasteiger partial charge < -0.3 is 34.7 Å². The number of piperidine rings is 2. The molecule has 1 spiro atoms. The number of anilines is 4. The van der Waals surface area contributed by atoms with Gasteiger partial charge in [-0.3, -0.25) is 19.8 Å². The molecule has 5 fully saturated rings. The average molecular weight is 1000 g/mol. The normalized spacial score (nSPS) is 26.3. The van der Waals surface area contributed by atoms with Crippen LogP contribution in [0.5, 0.6) is 5.88 Å². The minimum Gasteiger partial charge on any atom is -0.468 e. The van der Waals surface area contributed by atoms with Crippen molar-refractivity contribution in [3.05, 3.63) is 106 Å². The van der Waals surface area contributed by atoms with E-state index in [0.29, 0.717) is 79.4 Å². The van der Waals surface area contributed by atoms with E-state index >= 15 is 0 Å². The van der Waals surface area contributed by atoms with E-state index in [0.717, 1.165) is 68.9 Å². The molecule has 11 rings (SSSR count). The van der Waals surface area contributed by atoms with Gasteiger partial charge in [0.1, 0.15) is 23.1 Å². The molecule has 5 aromatic rings.